The Morgan fingerprint density at radius 3 is 2.35 bits per heavy atom. The van der Waals surface area contributed by atoms with E-state index in [-0.39, 0.29) is 12.1 Å². The van der Waals surface area contributed by atoms with Crippen LogP contribution in [0.2, 0.25) is 0 Å². The second kappa shape index (κ2) is 12.1. The van der Waals surface area contributed by atoms with E-state index in [1.165, 1.54) is 6.07 Å². The van der Waals surface area contributed by atoms with Gasteiger partial charge in [0.05, 0.1) is 23.2 Å². The largest absolute Gasteiger partial charge is 0.490 e. The number of carboxylic acid groups (broad SMARTS) is 1. The fourth-order valence-corrected chi connectivity index (χ4v) is 3.62. The molecular formula is C24H28F4N4O5. The fourth-order valence-electron chi connectivity index (χ4n) is 3.62. The predicted octanol–water partition coefficient (Wildman–Crippen LogP) is 3.44. The van der Waals surface area contributed by atoms with Crippen LogP contribution in [0.5, 0.6) is 0 Å². The number of aromatic nitrogens is 1. The Morgan fingerprint density at radius 1 is 1.19 bits per heavy atom. The molecule has 1 fully saturated rings. The molecule has 0 aliphatic carbocycles. The highest BCUT2D eigenvalue weighted by atomic mass is 19.4. The summed E-state index contributed by atoms with van der Waals surface area (Å²) >= 11 is 0. The molecule has 0 bridgehead atoms. The van der Waals surface area contributed by atoms with E-state index in [9.17, 15) is 27.2 Å². The number of alkyl halides is 4. The van der Waals surface area contributed by atoms with E-state index in [0.29, 0.717) is 37.1 Å². The number of carboxylic acids is 1. The Morgan fingerprint density at radius 2 is 1.81 bits per heavy atom. The molecule has 2 aromatic rings. The summed E-state index contributed by atoms with van der Waals surface area (Å²) < 4.78 is 53.2. The van der Waals surface area contributed by atoms with E-state index in [4.69, 9.17) is 19.9 Å². The van der Waals surface area contributed by atoms with Crippen LogP contribution in [0, 0.1) is 11.3 Å². The van der Waals surface area contributed by atoms with E-state index in [0.717, 1.165) is 5.39 Å². The number of hydrogen-bond acceptors (Lipinski definition) is 6. The van der Waals surface area contributed by atoms with Crippen molar-refractivity contribution in [3.05, 3.63) is 46.2 Å². The topological polar surface area (TPSA) is 125 Å². The number of nitrogens with zero attached hydrogens (tertiary/aromatic N) is 3. The van der Waals surface area contributed by atoms with Gasteiger partial charge < -0.3 is 19.7 Å². The first-order valence-electron chi connectivity index (χ1n) is 11.3. The first-order chi connectivity index (χ1) is 17.1. The number of nitrogens with one attached hydrogen (secondary N) is 1. The zero-order valence-electron chi connectivity index (χ0n) is 20.5. The quantitative estimate of drug-likeness (QED) is 0.583. The van der Waals surface area contributed by atoms with Crippen LogP contribution in [0.3, 0.4) is 0 Å². The molecule has 1 saturated heterocycles. The molecule has 0 spiro atoms. The van der Waals surface area contributed by atoms with Gasteiger partial charge >= 0.3 is 18.2 Å². The fraction of sp³-hybridized carbons (Fsp3) is 0.500. The molecule has 1 aromatic carbocycles. The Kier molecular flexibility index (Phi) is 9.63. The van der Waals surface area contributed by atoms with Crippen LogP contribution in [-0.2, 0) is 16.1 Å². The van der Waals surface area contributed by atoms with Gasteiger partial charge in [0.25, 0.3) is 5.56 Å². The molecule has 0 radical (unpaired) electrons. The molecular weight excluding hydrogens is 500 g/mol. The Bertz CT molecular complexity index is 1220. The lowest BCUT2D eigenvalue weighted by atomic mass is 10.0. The lowest BCUT2D eigenvalue weighted by Gasteiger charge is -2.35. The van der Waals surface area contributed by atoms with Crippen LogP contribution < -0.4 is 10.9 Å². The Balaban J connectivity index is 0.000000604. The molecule has 9 nitrogen and oxygen atoms in total. The Hall–Kier alpha value is -3.66. The second-order valence-corrected chi connectivity index (χ2v) is 9.37. The summed E-state index contributed by atoms with van der Waals surface area (Å²) in [6.07, 6.45) is -6.46. The molecule has 1 aliphatic heterocycles. The summed E-state index contributed by atoms with van der Waals surface area (Å²) in [6, 6.07) is 9.97. The lowest BCUT2D eigenvalue weighted by Crippen LogP contribution is -2.53. The van der Waals surface area contributed by atoms with Crippen molar-refractivity contribution in [2.75, 3.05) is 19.6 Å². The van der Waals surface area contributed by atoms with E-state index in [1.807, 2.05) is 11.0 Å². The number of amides is 1. The standard InChI is InChI=1S/C22H27FN4O3.C2HF3O2/c1-22(2,3)30-21(29)25-18-8-9-26(14-17(18)23)10-11-27-19-12-15(13-24)4-5-16(19)6-7-20(27)28;3-2(4,5)1(6)7/h4-7,12,17-18H,8-11,14H2,1-3H3,(H,25,29);(H,6,7)/t17-,18+;/m0./s1. The number of benzene rings is 1. The van der Waals surface area contributed by atoms with Crippen molar-refractivity contribution >= 4 is 23.0 Å². The second-order valence-electron chi connectivity index (χ2n) is 9.37. The van der Waals surface area contributed by atoms with Crippen LogP contribution in [0.1, 0.15) is 32.8 Å². The van der Waals surface area contributed by atoms with Crippen molar-refractivity contribution in [1.82, 2.24) is 14.8 Å². The SMILES string of the molecule is CC(C)(C)OC(=O)N[C@@H]1CCN(CCn2c(=O)ccc3ccc(C#N)cc32)C[C@@H]1F.O=C(O)C(F)(F)F. The van der Waals surface area contributed by atoms with E-state index in [1.54, 1.807) is 43.5 Å². The first kappa shape index (κ1) is 29.6. The van der Waals surface area contributed by atoms with E-state index in [2.05, 4.69) is 11.4 Å². The number of halogens is 4. The summed E-state index contributed by atoms with van der Waals surface area (Å²) in [5.74, 6) is -2.76. The normalized spacial score (nSPS) is 18.3. The molecule has 1 aliphatic rings. The molecule has 37 heavy (non-hydrogen) atoms. The third-order valence-electron chi connectivity index (χ3n) is 5.33. The van der Waals surface area contributed by atoms with Gasteiger partial charge in [0.1, 0.15) is 11.8 Å². The number of carbonyl (C=O) groups excluding carboxylic acids is 1. The van der Waals surface area contributed by atoms with Crippen LogP contribution in [0.15, 0.2) is 35.1 Å². The van der Waals surface area contributed by atoms with Gasteiger partial charge in [-0.1, -0.05) is 6.07 Å². The number of aliphatic carboxylic acids is 1. The van der Waals surface area contributed by atoms with Crippen molar-refractivity contribution in [3.8, 4) is 6.07 Å². The smallest absolute Gasteiger partial charge is 0.475 e. The van der Waals surface area contributed by atoms with Gasteiger partial charge in [0.15, 0.2) is 0 Å². The molecule has 0 unspecified atom stereocenters. The molecule has 3 rings (SSSR count). The monoisotopic (exact) mass is 528 g/mol. The third-order valence-corrected chi connectivity index (χ3v) is 5.33. The maximum absolute atomic E-state index is 14.6. The number of piperidine rings is 1. The number of pyridine rings is 1. The summed E-state index contributed by atoms with van der Waals surface area (Å²) in [7, 11) is 0. The molecule has 2 heterocycles. The molecule has 0 saturated carbocycles. The molecule has 1 aromatic heterocycles. The maximum atomic E-state index is 14.6. The highest BCUT2D eigenvalue weighted by Crippen LogP contribution is 2.18. The predicted molar refractivity (Wildman–Crippen MR) is 126 cm³/mol. The highest BCUT2D eigenvalue weighted by Gasteiger charge is 2.38. The van der Waals surface area contributed by atoms with Gasteiger partial charge in [-0.3, -0.25) is 9.69 Å². The highest BCUT2D eigenvalue weighted by molar-refractivity contribution is 5.80. The third kappa shape index (κ3) is 9.05. The number of likely N-dealkylation sites (tertiary alicyclic amines) is 1. The molecule has 2 N–H and O–H groups in total. The van der Waals surface area contributed by atoms with Gasteiger partial charge in [0, 0.05) is 32.2 Å². The summed E-state index contributed by atoms with van der Waals surface area (Å²) in [5, 5.41) is 19.8. The average Bonchev–Trinajstić information content (AvgIpc) is 2.78. The van der Waals surface area contributed by atoms with Crippen molar-refractivity contribution in [2.24, 2.45) is 0 Å². The van der Waals surface area contributed by atoms with E-state index < -0.39 is 36.1 Å². The Labute approximate surface area is 210 Å². The van der Waals surface area contributed by atoms with Crippen molar-refractivity contribution in [1.29, 1.82) is 5.26 Å². The van der Waals surface area contributed by atoms with Crippen molar-refractivity contribution in [2.45, 2.75) is 57.7 Å². The van der Waals surface area contributed by atoms with Crippen molar-refractivity contribution in [3.63, 3.8) is 0 Å². The van der Waals surface area contributed by atoms with Gasteiger partial charge in [-0.05, 0) is 50.8 Å². The summed E-state index contributed by atoms with van der Waals surface area (Å²) in [4.78, 5) is 35.1. The zero-order valence-corrected chi connectivity index (χ0v) is 20.5. The van der Waals surface area contributed by atoms with Crippen LogP contribution in [-0.4, -0.2) is 70.3 Å². The summed E-state index contributed by atoms with van der Waals surface area (Å²) in [6.45, 7) is 6.94. The number of carbonyl (C=O) groups is 2. The summed E-state index contributed by atoms with van der Waals surface area (Å²) in [5.41, 5.74) is 0.392. The maximum Gasteiger partial charge on any atom is 0.490 e. The lowest BCUT2D eigenvalue weighted by molar-refractivity contribution is -0.192. The van der Waals surface area contributed by atoms with Crippen molar-refractivity contribution < 1.29 is 37.0 Å². The minimum atomic E-state index is -5.08. The number of hydrogen-bond donors (Lipinski definition) is 2. The molecule has 1 amide bonds. The number of fused-ring (bicyclic) bond motifs is 1. The molecule has 2 atom stereocenters. The number of ether oxygens (including phenoxy) is 1. The van der Waals surface area contributed by atoms with Crippen LogP contribution in [0.25, 0.3) is 10.9 Å². The minimum absolute atomic E-state index is 0.157. The minimum Gasteiger partial charge on any atom is -0.475 e. The van der Waals surface area contributed by atoms with Crippen LogP contribution in [0.4, 0.5) is 22.4 Å². The van der Waals surface area contributed by atoms with E-state index >= 15 is 0 Å². The van der Waals surface area contributed by atoms with Crippen LogP contribution >= 0.6 is 0 Å². The number of nitriles is 1. The molecule has 202 valence electrons. The number of alkyl carbamates (subject to hydrolysis) is 1. The number of rotatable bonds is 4. The van der Waals surface area contributed by atoms with Gasteiger partial charge in [0.2, 0.25) is 0 Å². The van der Waals surface area contributed by atoms with Gasteiger partial charge in [-0.25, -0.2) is 14.0 Å². The van der Waals surface area contributed by atoms with Gasteiger partial charge in [-0.15, -0.1) is 0 Å². The first-order valence-corrected chi connectivity index (χ1v) is 11.3. The molecule has 13 heteroatoms. The average molecular weight is 529 g/mol. The zero-order chi connectivity index (χ0) is 28.0. The van der Waals surface area contributed by atoms with Gasteiger partial charge in [-0.2, -0.15) is 18.4 Å².